The number of nitrogens with zero attached hydrogens (tertiary/aromatic N) is 6. The van der Waals surface area contributed by atoms with Crippen molar-refractivity contribution in [1.29, 1.82) is 0 Å². The number of aromatic nitrogens is 5. The fourth-order valence-electron chi connectivity index (χ4n) is 5.02. The Morgan fingerprint density at radius 1 is 1.16 bits per heavy atom. The van der Waals surface area contributed by atoms with Crippen molar-refractivity contribution in [3.63, 3.8) is 0 Å². The van der Waals surface area contributed by atoms with Gasteiger partial charge in [-0.3, -0.25) is 24.8 Å². The molecule has 1 aliphatic heterocycles. The normalized spacial score (nSPS) is 20.8. The molecule has 8 heteroatoms. The number of aryl methyl sites for hydroxylation is 1. The topological polar surface area (TPSA) is 82.9 Å². The lowest BCUT2D eigenvalue weighted by molar-refractivity contribution is 0.114. The van der Waals surface area contributed by atoms with Crippen molar-refractivity contribution in [2.75, 3.05) is 18.0 Å². The summed E-state index contributed by atoms with van der Waals surface area (Å²) in [4.78, 5) is 26.4. The lowest BCUT2D eigenvalue weighted by Crippen LogP contribution is -2.58. The van der Waals surface area contributed by atoms with Crippen molar-refractivity contribution in [1.82, 2.24) is 29.6 Å². The fraction of sp³-hybridized carbons (Fsp3) is 0.417. The van der Waals surface area contributed by atoms with Crippen LogP contribution in [-0.2, 0) is 7.05 Å². The van der Waals surface area contributed by atoms with E-state index in [1.165, 1.54) is 5.56 Å². The molecule has 1 fully saturated rings. The number of benzene rings is 1. The summed E-state index contributed by atoms with van der Waals surface area (Å²) in [6.07, 6.45) is 6.25. The second kappa shape index (κ2) is 8.02. The molecule has 1 unspecified atom stereocenters. The van der Waals surface area contributed by atoms with Gasteiger partial charge in [0.2, 0.25) is 0 Å². The number of aromatic amines is 1. The van der Waals surface area contributed by atoms with E-state index >= 15 is 0 Å². The standard InChI is InChI=1S/C24H29N7O/c1-5-18-14-30(16(3)17-6-7-19-20(10-17)26-9-8-25-19)15(2)13-31(18)21-11-23(32)29(4)22-12-27-28-24(21)22/h6-12,15-16,18H,5,13-14H2,1-4H3,(H,27,28)/t15-,16?,18+/m1/s1. The minimum atomic E-state index is -0.00974. The van der Waals surface area contributed by atoms with Gasteiger partial charge in [0.05, 0.1) is 22.2 Å². The Morgan fingerprint density at radius 2 is 1.94 bits per heavy atom. The van der Waals surface area contributed by atoms with Gasteiger partial charge in [-0.15, -0.1) is 0 Å². The van der Waals surface area contributed by atoms with Crippen LogP contribution in [0.2, 0.25) is 0 Å². The molecule has 0 amide bonds. The van der Waals surface area contributed by atoms with Crippen molar-refractivity contribution in [3.05, 3.63) is 58.8 Å². The number of rotatable bonds is 4. The van der Waals surface area contributed by atoms with Crippen molar-refractivity contribution >= 4 is 27.8 Å². The number of fused-ring (bicyclic) bond motifs is 2. The highest BCUT2D eigenvalue weighted by Gasteiger charge is 2.35. The van der Waals surface area contributed by atoms with E-state index in [1.54, 1.807) is 36.3 Å². The lowest BCUT2D eigenvalue weighted by Gasteiger charge is -2.48. The van der Waals surface area contributed by atoms with Gasteiger partial charge in [-0.1, -0.05) is 13.0 Å². The number of nitrogens with one attached hydrogen (secondary N) is 1. The Bertz CT molecular complexity index is 1330. The summed E-state index contributed by atoms with van der Waals surface area (Å²) in [5.41, 5.74) is 5.70. The van der Waals surface area contributed by atoms with Gasteiger partial charge in [0, 0.05) is 62.9 Å². The van der Waals surface area contributed by atoms with Crippen LogP contribution in [0.15, 0.2) is 47.7 Å². The molecule has 0 spiro atoms. The Hall–Kier alpha value is -3.26. The molecule has 0 saturated carbocycles. The third-order valence-corrected chi connectivity index (χ3v) is 6.96. The predicted octanol–water partition coefficient (Wildman–Crippen LogP) is 3.26. The Kier molecular flexibility index (Phi) is 5.17. The molecule has 0 bridgehead atoms. The van der Waals surface area contributed by atoms with E-state index in [2.05, 4.69) is 68.9 Å². The van der Waals surface area contributed by atoms with E-state index in [0.29, 0.717) is 12.1 Å². The van der Waals surface area contributed by atoms with E-state index in [9.17, 15) is 4.79 Å². The average molecular weight is 432 g/mol. The number of hydrogen-bond acceptors (Lipinski definition) is 6. The van der Waals surface area contributed by atoms with Crippen LogP contribution >= 0.6 is 0 Å². The van der Waals surface area contributed by atoms with Crippen LogP contribution in [0.1, 0.15) is 38.8 Å². The SMILES string of the molecule is CC[C@H]1CN(C(C)c2ccc3nccnc3c2)[C@H](C)CN1c1cc(=O)n(C)c2c[nH]nc12. The van der Waals surface area contributed by atoms with Crippen LogP contribution in [-0.4, -0.2) is 54.8 Å². The van der Waals surface area contributed by atoms with Gasteiger partial charge >= 0.3 is 0 Å². The first-order valence-corrected chi connectivity index (χ1v) is 11.2. The summed E-state index contributed by atoms with van der Waals surface area (Å²) in [5.74, 6) is 0. The molecule has 0 aliphatic carbocycles. The first-order valence-electron chi connectivity index (χ1n) is 11.2. The average Bonchev–Trinajstić information content (AvgIpc) is 3.31. The van der Waals surface area contributed by atoms with Crippen molar-refractivity contribution in [3.8, 4) is 0 Å². The van der Waals surface area contributed by atoms with Crippen LogP contribution < -0.4 is 10.5 Å². The zero-order chi connectivity index (χ0) is 22.4. The monoisotopic (exact) mass is 431 g/mol. The lowest BCUT2D eigenvalue weighted by atomic mass is 9.98. The molecule has 1 N–H and O–H groups in total. The van der Waals surface area contributed by atoms with Crippen LogP contribution in [0.3, 0.4) is 0 Å². The highest BCUT2D eigenvalue weighted by atomic mass is 16.1. The predicted molar refractivity (Wildman–Crippen MR) is 127 cm³/mol. The van der Waals surface area contributed by atoms with Crippen molar-refractivity contribution in [2.24, 2.45) is 7.05 Å². The Labute approximate surface area is 186 Å². The Balaban J connectivity index is 1.46. The second-order valence-corrected chi connectivity index (χ2v) is 8.79. The van der Waals surface area contributed by atoms with Gasteiger partial charge in [-0.05, 0) is 38.0 Å². The van der Waals surface area contributed by atoms with Crippen LogP contribution in [0.25, 0.3) is 22.1 Å². The summed E-state index contributed by atoms with van der Waals surface area (Å²) < 4.78 is 1.65. The quantitative estimate of drug-likeness (QED) is 0.534. The molecule has 1 aliphatic rings. The van der Waals surface area contributed by atoms with Gasteiger partial charge in [-0.2, -0.15) is 5.10 Å². The molecular formula is C24H29N7O. The minimum Gasteiger partial charge on any atom is -0.364 e. The van der Waals surface area contributed by atoms with Gasteiger partial charge in [0.25, 0.3) is 5.56 Å². The zero-order valence-electron chi connectivity index (χ0n) is 19.0. The molecule has 5 rings (SSSR count). The van der Waals surface area contributed by atoms with Gasteiger partial charge in [-0.25, -0.2) is 0 Å². The van der Waals surface area contributed by atoms with Gasteiger partial charge in [0.15, 0.2) is 0 Å². The largest absolute Gasteiger partial charge is 0.364 e. The highest BCUT2D eigenvalue weighted by molar-refractivity contribution is 5.88. The molecule has 3 atom stereocenters. The Morgan fingerprint density at radius 3 is 2.72 bits per heavy atom. The third-order valence-electron chi connectivity index (χ3n) is 6.96. The molecule has 4 aromatic rings. The van der Waals surface area contributed by atoms with E-state index in [0.717, 1.165) is 47.3 Å². The van der Waals surface area contributed by atoms with Gasteiger partial charge in [0.1, 0.15) is 5.52 Å². The maximum Gasteiger partial charge on any atom is 0.252 e. The maximum absolute atomic E-state index is 12.6. The molecule has 8 nitrogen and oxygen atoms in total. The number of hydrogen-bond donors (Lipinski definition) is 1. The van der Waals surface area contributed by atoms with E-state index < -0.39 is 0 Å². The smallest absolute Gasteiger partial charge is 0.252 e. The summed E-state index contributed by atoms with van der Waals surface area (Å²) in [7, 11) is 1.79. The van der Waals surface area contributed by atoms with Crippen molar-refractivity contribution in [2.45, 2.75) is 45.3 Å². The number of anilines is 1. The van der Waals surface area contributed by atoms with E-state index in [1.807, 2.05) is 0 Å². The fourth-order valence-corrected chi connectivity index (χ4v) is 5.02. The molecule has 166 valence electrons. The molecule has 3 aromatic heterocycles. The summed E-state index contributed by atoms with van der Waals surface area (Å²) in [6, 6.07) is 8.96. The van der Waals surface area contributed by atoms with Crippen LogP contribution in [0.4, 0.5) is 5.69 Å². The van der Waals surface area contributed by atoms with Crippen LogP contribution in [0.5, 0.6) is 0 Å². The summed E-state index contributed by atoms with van der Waals surface area (Å²) in [5, 5.41) is 7.40. The zero-order valence-corrected chi connectivity index (χ0v) is 19.0. The third kappa shape index (κ3) is 3.35. The van der Waals surface area contributed by atoms with E-state index in [4.69, 9.17) is 0 Å². The maximum atomic E-state index is 12.6. The molecule has 1 aromatic carbocycles. The molecular weight excluding hydrogens is 402 g/mol. The second-order valence-electron chi connectivity index (χ2n) is 8.79. The number of piperazine rings is 1. The first kappa shape index (κ1) is 20.6. The number of H-pyrrole nitrogens is 1. The molecule has 1 saturated heterocycles. The first-order chi connectivity index (χ1) is 15.5. The van der Waals surface area contributed by atoms with Crippen LogP contribution in [0, 0.1) is 0 Å². The minimum absolute atomic E-state index is 0.00974. The summed E-state index contributed by atoms with van der Waals surface area (Å²) >= 11 is 0. The highest BCUT2D eigenvalue weighted by Crippen LogP contribution is 2.33. The van der Waals surface area contributed by atoms with Crippen molar-refractivity contribution < 1.29 is 0 Å². The van der Waals surface area contributed by atoms with E-state index in [-0.39, 0.29) is 11.6 Å². The molecule has 4 heterocycles. The molecule has 0 radical (unpaired) electrons. The molecule has 32 heavy (non-hydrogen) atoms. The van der Waals surface area contributed by atoms with Gasteiger partial charge < -0.3 is 9.47 Å². The number of pyridine rings is 1. The summed E-state index contributed by atoms with van der Waals surface area (Å²) in [6.45, 7) is 8.49.